The quantitative estimate of drug-likeness (QED) is 0.375. The van der Waals surface area contributed by atoms with E-state index < -0.39 is 9.28 Å². The summed E-state index contributed by atoms with van der Waals surface area (Å²) < 4.78 is -0.523. The highest BCUT2D eigenvalue weighted by atomic mass is 79.9. The van der Waals surface area contributed by atoms with Crippen LogP contribution in [0.1, 0.15) is 49.9 Å². The lowest BCUT2D eigenvalue weighted by Gasteiger charge is -2.30. The Morgan fingerprint density at radius 1 is 1.17 bits per heavy atom. The average Bonchev–Trinajstić information content (AvgIpc) is 2.45. The van der Waals surface area contributed by atoms with Gasteiger partial charge in [0.25, 0.3) is 5.91 Å². The van der Waals surface area contributed by atoms with Gasteiger partial charge in [-0.3, -0.25) is 9.59 Å². The van der Waals surface area contributed by atoms with Gasteiger partial charge in [0.15, 0.2) is 5.78 Å². The molecular formula is C16H19Br2Cl2NO2. The number of rotatable bonds is 8. The van der Waals surface area contributed by atoms with Crippen LogP contribution in [-0.4, -0.2) is 21.0 Å². The SMILES string of the molecule is CCCCCC(C)(NC(=O)c1cc(Cl)cc(Cl)c1)C(=O)C(Br)Br. The second kappa shape index (κ2) is 9.40. The van der Waals surface area contributed by atoms with Crippen molar-refractivity contribution in [3.05, 3.63) is 33.8 Å². The summed E-state index contributed by atoms with van der Waals surface area (Å²) in [6.07, 6.45) is 3.45. The van der Waals surface area contributed by atoms with Gasteiger partial charge in [0.05, 0.1) is 5.54 Å². The van der Waals surface area contributed by atoms with Crippen molar-refractivity contribution in [2.45, 2.75) is 48.8 Å². The molecule has 0 aromatic heterocycles. The summed E-state index contributed by atoms with van der Waals surface area (Å²) in [6, 6.07) is 4.61. The number of amides is 1. The predicted octanol–water partition coefficient (Wildman–Crippen LogP) is 5.75. The molecule has 0 bridgehead atoms. The van der Waals surface area contributed by atoms with Gasteiger partial charge in [-0.15, -0.1) is 0 Å². The number of benzene rings is 1. The number of ketones is 1. The van der Waals surface area contributed by atoms with E-state index in [1.54, 1.807) is 13.0 Å². The van der Waals surface area contributed by atoms with Gasteiger partial charge < -0.3 is 5.32 Å². The highest BCUT2D eigenvalue weighted by Crippen LogP contribution is 2.25. The number of Topliss-reactive ketones (excluding diaryl/α,β-unsaturated/α-hetero) is 1. The van der Waals surface area contributed by atoms with Crippen LogP contribution in [0.4, 0.5) is 0 Å². The van der Waals surface area contributed by atoms with Gasteiger partial charge in [0, 0.05) is 15.6 Å². The van der Waals surface area contributed by atoms with Crippen molar-refractivity contribution in [3.63, 3.8) is 0 Å². The molecular weight excluding hydrogens is 469 g/mol. The summed E-state index contributed by atoms with van der Waals surface area (Å²) in [5.74, 6) is -0.502. The number of nitrogens with one attached hydrogen (secondary N) is 1. The van der Waals surface area contributed by atoms with Crippen LogP contribution >= 0.6 is 55.1 Å². The number of halogens is 4. The van der Waals surface area contributed by atoms with Gasteiger partial charge in [-0.2, -0.15) is 0 Å². The number of carbonyl (C=O) groups excluding carboxylic acids is 2. The molecule has 0 spiro atoms. The first kappa shape index (κ1) is 20.9. The van der Waals surface area contributed by atoms with Gasteiger partial charge >= 0.3 is 0 Å². The molecule has 23 heavy (non-hydrogen) atoms. The maximum atomic E-state index is 12.5. The fourth-order valence-electron chi connectivity index (χ4n) is 2.22. The summed E-state index contributed by atoms with van der Waals surface area (Å²) >= 11 is 18.3. The molecule has 1 unspecified atom stereocenters. The third kappa shape index (κ3) is 6.37. The smallest absolute Gasteiger partial charge is 0.252 e. The number of hydrogen-bond acceptors (Lipinski definition) is 2. The molecule has 0 aliphatic rings. The standard InChI is InChI=1S/C16H19Br2Cl2NO2/c1-3-4-5-6-16(2,13(22)14(17)18)21-15(23)10-7-11(19)9-12(20)8-10/h7-9,14H,3-6H2,1-2H3,(H,21,23). The molecule has 0 heterocycles. The highest BCUT2D eigenvalue weighted by Gasteiger charge is 2.37. The minimum atomic E-state index is -0.973. The molecule has 7 heteroatoms. The first-order chi connectivity index (χ1) is 10.7. The Morgan fingerprint density at radius 2 is 1.74 bits per heavy atom. The Morgan fingerprint density at radius 3 is 2.22 bits per heavy atom. The number of hydrogen-bond donors (Lipinski definition) is 1. The first-order valence-electron chi connectivity index (χ1n) is 7.30. The van der Waals surface area contributed by atoms with Crippen molar-refractivity contribution < 1.29 is 9.59 Å². The molecule has 128 valence electrons. The van der Waals surface area contributed by atoms with Crippen LogP contribution in [0.15, 0.2) is 18.2 Å². The Bertz CT molecular complexity index is 561. The van der Waals surface area contributed by atoms with Gasteiger partial charge in [-0.1, -0.05) is 81.2 Å². The highest BCUT2D eigenvalue weighted by molar-refractivity contribution is 9.25. The van der Waals surface area contributed by atoms with Crippen LogP contribution in [0.25, 0.3) is 0 Å². The molecule has 0 aliphatic heterocycles. The van der Waals surface area contributed by atoms with E-state index >= 15 is 0 Å². The van der Waals surface area contributed by atoms with Crippen LogP contribution in [0.5, 0.6) is 0 Å². The average molecular weight is 488 g/mol. The van der Waals surface area contributed by atoms with E-state index in [1.807, 2.05) is 0 Å². The monoisotopic (exact) mass is 485 g/mol. The van der Waals surface area contributed by atoms with Crippen molar-refractivity contribution in [2.24, 2.45) is 0 Å². The van der Waals surface area contributed by atoms with E-state index in [2.05, 4.69) is 44.1 Å². The van der Waals surface area contributed by atoms with Gasteiger partial charge in [-0.25, -0.2) is 0 Å². The fraction of sp³-hybridized carbons (Fsp3) is 0.500. The zero-order valence-electron chi connectivity index (χ0n) is 13.0. The predicted molar refractivity (Wildman–Crippen MR) is 103 cm³/mol. The van der Waals surface area contributed by atoms with E-state index in [0.717, 1.165) is 19.3 Å². The Labute approximate surface area is 163 Å². The molecule has 3 nitrogen and oxygen atoms in total. The van der Waals surface area contributed by atoms with Crippen LogP contribution in [0, 0.1) is 0 Å². The molecule has 1 aromatic carbocycles. The van der Waals surface area contributed by atoms with Crippen molar-refractivity contribution in [3.8, 4) is 0 Å². The summed E-state index contributed by atoms with van der Waals surface area (Å²) in [6.45, 7) is 3.83. The largest absolute Gasteiger partial charge is 0.340 e. The van der Waals surface area contributed by atoms with Gasteiger partial charge in [-0.05, 0) is 31.5 Å². The Hall–Kier alpha value is -0.100. The van der Waals surface area contributed by atoms with Crippen LogP contribution < -0.4 is 5.32 Å². The topological polar surface area (TPSA) is 46.2 Å². The van der Waals surface area contributed by atoms with Gasteiger partial charge in [0.1, 0.15) is 3.74 Å². The normalized spacial score (nSPS) is 13.7. The molecule has 1 rings (SSSR count). The molecule has 0 aliphatic carbocycles. The van der Waals surface area contributed by atoms with Crippen molar-refractivity contribution in [1.82, 2.24) is 5.32 Å². The van der Waals surface area contributed by atoms with E-state index in [9.17, 15) is 9.59 Å². The lowest BCUT2D eigenvalue weighted by atomic mass is 9.90. The molecule has 0 radical (unpaired) electrons. The zero-order valence-corrected chi connectivity index (χ0v) is 17.7. The van der Waals surface area contributed by atoms with E-state index in [4.69, 9.17) is 23.2 Å². The fourth-order valence-corrected chi connectivity index (χ4v) is 3.76. The maximum Gasteiger partial charge on any atom is 0.252 e. The van der Waals surface area contributed by atoms with E-state index in [0.29, 0.717) is 22.0 Å². The summed E-state index contributed by atoms with van der Waals surface area (Å²) in [5, 5.41) is 3.59. The zero-order chi connectivity index (χ0) is 17.6. The Balaban J connectivity index is 2.99. The second-order valence-electron chi connectivity index (χ2n) is 5.57. The maximum absolute atomic E-state index is 12.5. The van der Waals surface area contributed by atoms with Crippen LogP contribution in [-0.2, 0) is 4.79 Å². The van der Waals surface area contributed by atoms with E-state index in [1.165, 1.54) is 12.1 Å². The third-order valence-corrected chi connectivity index (χ3v) is 4.80. The first-order valence-corrected chi connectivity index (χ1v) is 9.89. The number of alkyl halides is 2. The third-order valence-electron chi connectivity index (χ3n) is 3.54. The Kier molecular flexibility index (Phi) is 8.56. The molecule has 1 atom stereocenters. The molecule has 0 saturated carbocycles. The lowest BCUT2D eigenvalue weighted by Crippen LogP contribution is -2.54. The summed E-state index contributed by atoms with van der Waals surface area (Å²) in [5.41, 5.74) is -0.642. The summed E-state index contributed by atoms with van der Waals surface area (Å²) in [7, 11) is 0. The molecule has 0 saturated heterocycles. The minimum Gasteiger partial charge on any atom is -0.340 e. The van der Waals surface area contributed by atoms with E-state index in [-0.39, 0.29) is 11.7 Å². The van der Waals surface area contributed by atoms with Crippen LogP contribution in [0.3, 0.4) is 0 Å². The van der Waals surface area contributed by atoms with Gasteiger partial charge in [0.2, 0.25) is 0 Å². The van der Waals surface area contributed by atoms with Crippen LogP contribution in [0.2, 0.25) is 10.0 Å². The summed E-state index contributed by atoms with van der Waals surface area (Å²) in [4.78, 5) is 25.0. The molecule has 1 amide bonds. The van der Waals surface area contributed by atoms with Crippen molar-refractivity contribution in [1.29, 1.82) is 0 Å². The molecule has 1 aromatic rings. The minimum absolute atomic E-state index is 0.130. The number of carbonyl (C=O) groups is 2. The number of unbranched alkanes of at least 4 members (excludes halogenated alkanes) is 2. The second-order valence-corrected chi connectivity index (χ2v) is 9.50. The molecule has 0 fully saturated rings. The molecule has 1 N–H and O–H groups in total. The lowest BCUT2D eigenvalue weighted by molar-refractivity contribution is -0.122. The van der Waals surface area contributed by atoms with Crippen molar-refractivity contribution >= 4 is 66.8 Å². The van der Waals surface area contributed by atoms with Crippen molar-refractivity contribution in [2.75, 3.05) is 0 Å².